The number of aliphatic hydroxyl groups excluding tert-OH is 1. The number of hydrogen-bond acceptors (Lipinski definition) is 5. The van der Waals surface area contributed by atoms with Gasteiger partial charge < -0.3 is 9.63 Å². The number of benzene rings is 2. The minimum atomic E-state index is -3.70. The molecule has 0 saturated heterocycles. The summed E-state index contributed by atoms with van der Waals surface area (Å²) < 4.78 is 42.6. The lowest BCUT2D eigenvalue weighted by Crippen LogP contribution is -2.01. The Labute approximate surface area is 158 Å². The van der Waals surface area contributed by atoms with Gasteiger partial charge in [-0.3, -0.25) is 0 Å². The Morgan fingerprint density at radius 3 is 2.38 bits per heavy atom. The second-order valence-electron chi connectivity index (χ2n) is 5.53. The molecule has 0 saturated carbocycles. The first kappa shape index (κ1) is 18.8. The Morgan fingerprint density at radius 1 is 1.12 bits per heavy atom. The lowest BCUT2D eigenvalue weighted by atomic mass is 9.99. The van der Waals surface area contributed by atoms with Crippen LogP contribution in [0, 0.1) is 5.82 Å². The summed E-state index contributed by atoms with van der Waals surface area (Å²) in [4.78, 5) is -0.417. The zero-order chi connectivity index (χ0) is 19.1. The van der Waals surface area contributed by atoms with E-state index in [1.807, 2.05) is 0 Å². The van der Waals surface area contributed by atoms with Crippen LogP contribution in [0.25, 0.3) is 22.4 Å². The van der Waals surface area contributed by atoms with Gasteiger partial charge in [0.25, 0.3) is 0 Å². The van der Waals surface area contributed by atoms with Crippen LogP contribution in [0.5, 0.6) is 0 Å². The molecule has 0 atom stereocenters. The molecule has 5 nitrogen and oxygen atoms in total. The molecule has 26 heavy (non-hydrogen) atoms. The fourth-order valence-electron chi connectivity index (χ4n) is 2.53. The standard InChI is InChI=1S/C17H12Cl2FNO4S/c1-26(23,24)15-5-3-9(7-13(15)20)16-14(8-22)25-21-17(16)10-2-4-11(18)12(19)6-10/h2-7,22H,8H2,1H3. The topological polar surface area (TPSA) is 80.4 Å². The van der Waals surface area contributed by atoms with Gasteiger partial charge in [0.15, 0.2) is 15.6 Å². The van der Waals surface area contributed by atoms with E-state index in [-0.39, 0.29) is 5.76 Å². The highest BCUT2D eigenvalue weighted by molar-refractivity contribution is 7.90. The van der Waals surface area contributed by atoms with Gasteiger partial charge in [-0.1, -0.05) is 40.5 Å². The number of hydrogen-bond donors (Lipinski definition) is 1. The molecule has 0 fully saturated rings. The van der Waals surface area contributed by atoms with Gasteiger partial charge in [0.1, 0.15) is 23.0 Å². The van der Waals surface area contributed by atoms with Gasteiger partial charge in [-0.2, -0.15) is 0 Å². The molecule has 2 aromatic carbocycles. The SMILES string of the molecule is CS(=O)(=O)c1ccc(-c2c(-c3ccc(Cl)c(Cl)c3)noc2CO)cc1F. The van der Waals surface area contributed by atoms with Gasteiger partial charge in [-0.25, -0.2) is 12.8 Å². The van der Waals surface area contributed by atoms with Crippen LogP contribution < -0.4 is 0 Å². The predicted molar refractivity (Wildman–Crippen MR) is 96.4 cm³/mol. The first-order chi connectivity index (χ1) is 12.2. The lowest BCUT2D eigenvalue weighted by molar-refractivity contribution is 0.230. The molecular weight excluding hydrogens is 404 g/mol. The van der Waals surface area contributed by atoms with Crippen molar-refractivity contribution in [2.75, 3.05) is 6.26 Å². The summed E-state index contributed by atoms with van der Waals surface area (Å²) in [6, 6.07) is 8.43. The van der Waals surface area contributed by atoms with Crippen molar-refractivity contribution in [3.05, 3.63) is 58.0 Å². The highest BCUT2D eigenvalue weighted by Gasteiger charge is 2.22. The van der Waals surface area contributed by atoms with E-state index in [9.17, 15) is 17.9 Å². The Kier molecular flexibility index (Phi) is 5.07. The first-order valence-corrected chi connectivity index (χ1v) is 9.92. The number of nitrogens with zero attached hydrogens (tertiary/aromatic N) is 1. The van der Waals surface area contributed by atoms with Crippen LogP contribution >= 0.6 is 23.2 Å². The summed E-state index contributed by atoms with van der Waals surface area (Å²) in [7, 11) is -3.70. The molecule has 0 bridgehead atoms. The fraction of sp³-hybridized carbons (Fsp3) is 0.118. The molecule has 1 heterocycles. The molecule has 0 unspecified atom stereocenters. The van der Waals surface area contributed by atoms with Crippen LogP contribution in [0.4, 0.5) is 4.39 Å². The summed E-state index contributed by atoms with van der Waals surface area (Å²) in [5, 5.41) is 14.1. The van der Waals surface area contributed by atoms with Gasteiger partial charge in [0.05, 0.1) is 15.6 Å². The minimum absolute atomic E-state index is 0.109. The lowest BCUT2D eigenvalue weighted by Gasteiger charge is -2.07. The average Bonchev–Trinajstić information content (AvgIpc) is 3.00. The second kappa shape index (κ2) is 7.00. The monoisotopic (exact) mass is 415 g/mol. The molecule has 0 aliphatic heterocycles. The molecule has 0 amide bonds. The van der Waals surface area contributed by atoms with Crippen molar-refractivity contribution in [1.82, 2.24) is 5.16 Å². The van der Waals surface area contributed by atoms with E-state index in [0.717, 1.165) is 18.4 Å². The van der Waals surface area contributed by atoms with Crippen LogP contribution in [0.15, 0.2) is 45.8 Å². The summed E-state index contributed by atoms with van der Waals surface area (Å²) >= 11 is 11.9. The van der Waals surface area contributed by atoms with E-state index < -0.39 is 27.2 Å². The van der Waals surface area contributed by atoms with Crippen LogP contribution in [-0.2, 0) is 16.4 Å². The zero-order valence-corrected chi connectivity index (χ0v) is 15.7. The number of rotatable bonds is 4. The maximum absolute atomic E-state index is 14.3. The minimum Gasteiger partial charge on any atom is -0.388 e. The van der Waals surface area contributed by atoms with Crippen molar-refractivity contribution in [1.29, 1.82) is 0 Å². The number of sulfone groups is 1. The molecule has 0 aliphatic rings. The third kappa shape index (κ3) is 3.48. The van der Waals surface area contributed by atoms with Crippen molar-refractivity contribution in [2.45, 2.75) is 11.5 Å². The van der Waals surface area contributed by atoms with Crippen LogP contribution in [-0.4, -0.2) is 24.9 Å². The summed E-state index contributed by atoms with van der Waals surface area (Å²) in [6.07, 6.45) is 0.921. The molecule has 0 aliphatic carbocycles. The van der Waals surface area contributed by atoms with Crippen molar-refractivity contribution in [3.63, 3.8) is 0 Å². The summed E-state index contributed by atoms with van der Waals surface area (Å²) in [5.74, 6) is -0.798. The molecule has 0 spiro atoms. The number of aliphatic hydroxyl groups is 1. The Hall–Kier alpha value is -1.93. The van der Waals surface area contributed by atoms with E-state index >= 15 is 0 Å². The normalized spacial score (nSPS) is 11.7. The third-order valence-corrected chi connectivity index (χ3v) is 5.59. The van der Waals surface area contributed by atoms with E-state index in [0.29, 0.717) is 32.4 Å². The molecule has 1 aromatic heterocycles. The van der Waals surface area contributed by atoms with Crippen molar-refractivity contribution >= 4 is 33.0 Å². The highest BCUT2D eigenvalue weighted by atomic mass is 35.5. The second-order valence-corrected chi connectivity index (χ2v) is 8.33. The van der Waals surface area contributed by atoms with E-state index in [4.69, 9.17) is 27.7 Å². The van der Waals surface area contributed by atoms with Gasteiger partial charge in [-0.15, -0.1) is 0 Å². The molecular formula is C17H12Cl2FNO4S. The van der Waals surface area contributed by atoms with Gasteiger partial charge in [0.2, 0.25) is 0 Å². The summed E-state index contributed by atoms with van der Waals surface area (Å²) in [5.41, 5.74) is 1.51. The van der Waals surface area contributed by atoms with Crippen LogP contribution in [0.1, 0.15) is 5.76 Å². The molecule has 3 aromatic rings. The average molecular weight is 416 g/mol. The molecule has 9 heteroatoms. The van der Waals surface area contributed by atoms with Crippen LogP contribution in [0.3, 0.4) is 0 Å². The zero-order valence-electron chi connectivity index (χ0n) is 13.3. The molecule has 0 radical (unpaired) electrons. The Bertz CT molecular complexity index is 1100. The van der Waals surface area contributed by atoms with E-state index in [1.54, 1.807) is 18.2 Å². The van der Waals surface area contributed by atoms with Gasteiger partial charge in [0, 0.05) is 11.8 Å². The largest absolute Gasteiger partial charge is 0.388 e. The maximum Gasteiger partial charge on any atom is 0.178 e. The fourth-order valence-corrected chi connectivity index (χ4v) is 3.55. The highest BCUT2D eigenvalue weighted by Crippen LogP contribution is 2.37. The molecule has 136 valence electrons. The van der Waals surface area contributed by atoms with E-state index in [1.165, 1.54) is 6.07 Å². The summed E-state index contributed by atoms with van der Waals surface area (Å²) in [6.45, 7) is -0.473. The molecule has 3 rings (SSSR count). The predicted octanol–water partition coefficient (Wildman–Crippen LogP) is 4.35. The smallest absolute Gasteiger partial charge is 0.178 e. The maximum atomic E-state index is 14.3. The number of aromatic nitrogens is 1. The third-order valence-electron chi connectivity index (χ3n) is 3.72. The van der Waals surface area contributed by atoms with E-state index in [2.05, 4.69) is 5.16 Å². The molecule has 1 N–H and O–H groups in total. The van der Waals surface area contributed by atoms with Crippen molar-refractivity contribution in [3.8, 4) is 22.4 Å². The Morgan fingerprint density at radius 2 is 1.81 bits per heavy atom. The van der Waals surface area contributed by atoms with Gasteiger partial charge in [-0.05, 0) is 29.8 Å². The Balaban J connectivity index is 2.20. The van der Waals surface area contributed by atoms with Crippen molar-refractivity contribution < 1.29 is 22.4 Å². The quantitative estimate of drug-likeness (QED) is 0.684. The first-order valence-electron chi connectivity index (χ1n) is 7.27. The van der Waals surface area contributed by atoms with Crippen LogP contribution in [0.2, 0.25) is 10.0 Å². The van der Waals surface area contributed by atoms with Crippen molar-refractivity contribution in [2.24, 2.45) is 0 Å². The number of halogens is 3. The van der Waals surface area contributed by atoms with Gasteiger partial charge >= 0.3 is 0 Å².